The molecule has 0 amide bonds. The summed E-state index contributed by atoms with van der Waals surface area (Å²) in [4.78, 5) is 5.72. The lowest BCUT2D eigenvalue weighted by Crippen LogP contribution is -2.18. The van der Waals surface area contributed by atoms with Gasteiger partial charge in [0.2, 0.25) is 5.95 Å². The third kappa shape index (κ3) is 3.06. The van der Waals surface area contributed by atoms with E-state index < -0.39 is 5.95 Å². The quantitative estimate of drug-likeness (QED) is 0.734. The second kappa shape index (κ2) is 6.15. The van der Waals surface area contributed by atoms with Crippen LogP contribution in [0.15, 0.2) is 48.7 Å². The molecule has 3 heteroatoms. The average Bonchev–Trinajstić information content (AvgIpc) is 2.40. The Labute approximate surface area is 107 Å². The monoisotopic (exact) mass is 244 g/mol. The van der Waals surface area contributed by atoms with Crippen molar-refractivity contribution >= 4 is 11.4 Å². The lowest BCUT2D eigenvalue weighted by atomic mass is 10.2. The lowest BCUT2D eigenvalue weighted by Gasteiger charge is -2.24. The van der Waals surface area contributed by atoms with Crippen molar-refractivity contribution in [2.45, 2.75) is 19.8 Å². The van der Waals surface area contributed by atoms with Crippen LogP contribution >= 0.6 is 0 Å². The van der Waals surface area contributed by atoms with Crippen molar-refractivity contribution in [3.63, 3.8) is 0 Å². The predicted molar refractivity (Wildman–Crippen MR) is 72.6 cm³/mol. The van der Waals surface area contributed by atoms with E-state index in [0.29, 0.717) is 0 Å². The number of anilines is 2. The molecule has 0 saturated heterocycles. The number of halogens is 1. The summed E-state index contributed by atoms with van der Waals surface area (Å²) in [5.74, 6) is -0.440. The Balaban J connectivity index is 2.31. The summed E-state index contributed by atoms with van der Waals surface area (Å²) in [6.07, 6.45) is 3.68. The fourth-order valence-electron chi connectivity index (χ4n) is 1.89. The summed E-state index contributed by atoms with van der Waals surface area (Å²) in [5, 5.41) is 0. The summed E-state index contributed by atoms with van der Waals surface area (Å²) in [5.41, 5.74) is 1.93. The molecule has 2 nitrogen and oxygen atoms in total. The molecule has 0 atom stereocenters. The maximum atomic E-state index is 13.2. The highest BCUT2D eigenvalue weighted by molar-refractivity contribution is 5.62. The maximum absolute atomic E-state index is 13.2. The van der Waals surface area contributed by atoms with Crippen molar-refractivity contribution in [1.29, 1.82) is 0 Å². The highest BCUT2D eigenvalue weighted by atomic mass is 19.1. The van der Waals surface area contributed by atoms with Crippen LogP contribution in [-0.2, 0) is 0 Å². The Morgan fingerprint density at radius 2 is 1.89 bits per heavy atom. The minimum atomic E-state index is -0.440. The van der Waals surface area contributed by atoms with Crippen molar-refractivity contribution in [2.24, 2.45) is 0 Å². The van der Waals surface area contributed by atoms with E-state index in [1.54, 1.807) is 0 Å². The van der Waals surface area contributed by atoms with Gasteiger partial charge < -0.3 is 4.90 Å². The molecular weight excluding hydrogens is 227 g/mol. The predicted octanol–water partition coefficient (Wildman–Crippen LogP) is 4.16. The van der Waals surface area contributed by atoms with E-state index in [2.05, 4.69) is 16.8 Å². The van der Waals surface area contributed by atoms with Crippen LogP contribution < -0.4 is 4.90 Å². The van der Waals surface area contributed by atoms with Gasteiger partial charge in [-0.25, -0.2) is 4.98 Å². The minimum Gasteiger partial charge on any atom is -0.341 e. The van der Waals surface area contributed by atoms with E-state index in [1.165, 1.54) is 12.3 Å². The van der Waals surface area contributed by atoms with Crippen LogP contribution in [0.4, 0.5) is 15.8 Å². The number of para-hydroxylation sites is 1. The van der Waals surface area contributed by atoms with E-state index in [-0.39, 0.29) is 0 Å². The van der Waals surface area contributed by atoms with Crippen LogP contribution in [0.1, 0.15) is 19.8 Å². The zero-order valence-electron chi connectivity index (χ0n) is 10.5. The third-order valence-electron chi connectivity index (χ3n) is 2.82. The van der Waals surface area contributed by atoms with E-state index in [1.807, 2.05) is 36.4 Å². The SMILES string of the molecule is CCCCN(c1ccccc1)c1ccnc(F)c1. The molecule has 18 heavy (non-hydrogen) atoms. The van der Waals surface area contributed by atoms with Crippen LogP contribution in [0.3, 0.4) is 0 Å². The van der Waals surface area contributed by atoms with Gasteiger partial charge in [-0.3, -0.25) is 0 Å². The van der Waals surface area contributed by atoms with Gasteiger partial charge >= 0.3 is 0 Å². The first-order valence-corrected chi connectivity index (χ1v) is 6.25. The molecule has 1 heterocycles. The summed E-state index contributed by atoms with van der Waals surface area (Å²) < 4.78 is 13.2. The Morgan fingerprint density at radius 3 is 2.56 bits per heavy atom. The number of pyridine rings is 1. The molecule has 0 aliphatic rings. The molecule has 0 unspecified atom stereocenters. The van der Waals surface area contributed by atoms with Gasteiger partial charge in [-0.05, 0) is 24.6 Å². The molecule has 2 rings (SSSR count). The fraction of sp³-hybridized carbons (Fsp3) is 0.267. The zero-order valence-corrected chi connectivity index (χ0v) is 10.5. The molecule has 1 aromatic heterocycles. The smallest absolute Gasteiger partial charge is 0.214 e. The zero-order chi connectivity index (χ0) is 12.8. The molecule has 0 N–H and O–H groups in total. The topological polar surface area (TPSA) is 16.1 Å². The normalized spacial score (nSPS) is 10.3. The van der Waals surface area contributed by atoms with Crippen LogP contribution in [0, 0.1) is 5.95 Å². The first-order chi connectivity index (χ1) is 8.81. The van der Waals surface area contributed by atoms with Crippen molar-refractivity contribution < 1.29 is 4.39 Å². The second-order valence-corrected chi connectivity index (χ2v) is 4.18. The molecule has 0 radical (unpaired) electrons. The van der Waals surface area contributed by atoms with Gasteiger partial charge in [-0.2, -0.15) is 4.39 Å². The van der Waals surface area contributed by atoms with E-state index in [0.717, 1.165) is 30.8 Å². The number of hydrogen-bond donors (Lipinski definition) is 0. The summed E-state index contributed by atoms with van der Waals surface area (Å²) in [7, 11) is 0. The summed E-state index contributed by atoms with van der Waals surface area (Å²) in [6.45, 7) is 3.03. The second-order valence-electron chi connectivity index (χ2n) is 4.18. The molecule has 2 aromatic rings. The summed E-state index contributed by atoms with van der Waals surface area (Å²) in [6, 6.07) is 13.3. The average molecular weight is 244 g/mol. The third-order valence-corrected chi connectivity index (χ3v) is 2.82. The summed E-state index contributed by atoms with van der Waals surface area (Å²) >= 11 is 0. The number of aromatic nitrogens is 1. The van der Waals surface area contributed by atoms with E-state index in [4.69, 9.17) is 0 Å². The van der Waals surface area contributed by atoms with E-state index >= 15 is 0 Å². The van der Waals surface area contributed by atoms with Crippen LogP contribution in [-0.4, -0.2) is 11.5 Å². The van der Waals surface area contributed by atoms with Gasteiger partial charge in [0.1, 0.15) is 0 Å². The Bertz CT molecular complexity index is 485. The highest BCUT2D eigenvalue weighted by Crippen LogP contribution is 2.25. The number of hydrogen-bond acceptors (Lipinski definition) is 2. The highest BCUT2D eigenvalue weighted by Gasteiger charge is 2.09. The molecule has 0 spiro atoms. The molecular formula is C15H17FN2. The van der Waals surface area contributed by atoms with Crippen LogP contribution in [0.25, 0.3) is 0 Å². The van der Waals surface area contributed by atoms with Crippen LogP contribution in [0.5, 0.6) is 0 Å². The largest absolute Gasteiger partial charge is 0.341 e. The molecule has 94 valence electrons. The van der Waals surface area contributed by atoms with Gasteiger partial charge in [0.25, 0.3) is 0 Å². The van der Waals surface area contributed by atoms with Crippen LogP contribution in [0.2, 0.25) is 0 Å². The van der Waals surface area contributed by atoms with Gasteiger partial charge in [0.05, 0.1) is 0 Å². The number of benzene rings is 1. The molecule has 1 aromatic carbocycles. The Morgan fingerprint density at radius 1 is 1.11 bits per heavy atom. The van der Waals surface area contributed by atoms with Gasteiger partial charge in [-0.15, -0.1) is 0 Å². The minimum absolute atomic E-state index is 0.440. The van der Waals surface area contributed by atoms with E-state index in [9.17, 15) is 4.39 Å². The number of rotatable bonds is 5. The van der Waals surface area contributed by atoms with Gasteiger partial charge in [0, 0.05) is 30.2 Å². The first kappa shape index (κ1) is 12.6. The number of unbranched alkanes of at least 4 members (excludes halogenated alkanes) is 1. The molecule has 0 bridgehead atoms. The molecule has 0 fully saturated rings. The lowest BCUT2D eigenvalue weighted by molar-refractivity contribution is 0.583. The maximum Gasteiger partial charge on any atom is 0.214 e. The molecule has 0 aliphatic heterocycles. The van der Waals surface area contributed by atoms with Crippen molar-refractivity contribution in [2.75, 3.05) is 11.4 Å². The Kier molecular flexibility index (Phi) is 4.29. The van der Waals surface area contributed by atoms with Gasteiger partial charge in [0.15, 0.2) is 0 Å². The standard InChI is InChI=1S/C15H17FN2/c1-2-3-11-18(13-7-5-4-6-8-13)14-9-10-17-15(16)12-14/h4-10,12H,2-3,11H2,1H3. The fourth-order valence-corrected chi connectivity index (χ4v) is 1.89. The van der Waals surface area contributed by atoms with Crippen molar-refractivity contribution in [3.8, 4) is 0 Å². The first-order valence-electron chi connectivity index (χ1n) is 6.25. The van der Waals surface area contributed by atoms with Crippen molar-refractivity contribution in [3.05, 3.63) is 54.6 Å². The molecule has 0 aliphatic carbocycles. The van der Waals surface area contributed by atoms with Gasteiger partial charge in [-0.1, -0.05) is 31.5 Å². The number of nitrogens with zero attached hydrogens (tertiary/aromatic N) is 2. The Hall–Kier alpha value is -1.90. The van der Waals surface area contributed by atoms with Crippen molar-refractivity contribution in [1.82, 2.24) is 4.98 Å². The molecule has 0 saturated carbocycles.